The molecule has 0 fully saturated rings. The molecule has 1 N–H and O–H groups in total. The number of rotatable bonds is 7. The highest BCUT2D eigenvalue weighted by Gasteiger charge is 2.13. The Morgan fingerprint density at radius 3 is 2.43 bits per heavy atom. The zero-order valence-corrected chi connectivity index (χ0v) is 15.1. The van der Waals surface area contributed by atoms with Gasteiger partial charge in [-0.1, -0.05) is 12.1 Å². The predicted molar refractivity (Wildman–Crippen MR) is 94.8 cm³/mol. The molecule has 0 saturated carbocycles. The van der Waals surface area contributed by atoms with Crippen molar-refractivity contribution in [1.29, 1.82) is 0 Å². The Balaban J connectivity index is 1.90. The first-order valence-corrected chi connectivity index (χ1v) is 9.97. The van der Waals surface area contributed by atoms with E-state index >= 15 is 0 Å². The second kappa shape index (κ2) is 7.86. The molecular weight excluding hydrogens is 330 g/mol. The Hall–Kier alpha value is -1.50. The highest BCUT2D eigenvalue weighted by molar-refractivity contribution is 7.98. The zero-order valence-electron chi connectivity index (χ0n) is 13.5. The molecule has 23 heavy (non-hydrogen) atoms. The second-order valence-corrected chi connectivity index (χ2v) is 7.84. The van der Waals surface area contributed by atoms with Crippen molar-refractivity contribution in [2.45, 2.75) is 23.6 Å². The minimum absolute atomic E-state index is 0.222. The number of benzene rings is 2. The van der Waals surface area contributed by atoms with E-state index in [-0.39, 0.29) is 18.0 Å². The Bertz CT molecular complexity index is 756. The lowest BCUT2D eigenvalue weighted by molar-refractivity contribution is 0.320. The molecule has 0 radical (unpaired) electrons. The van der Waals surface area contributed by atoms with Crippen molar-refractivity contribution in [2.24, 2.45) is 0 Å². The number of sulfonamides is 1. The summed E-state index contributed by atoms with van der Waals surface area (Å²) in [5.74, 6) is 0.786. The molecule has 6 heteroatoms. The monoisotopic (exact) mass is 351 g/mol. The van der Waals surface area contributed by atoms with Crippen molar-refractivity contribution in [2.75, 3.05) is 19.4 Å². The summed E-state index contributed by atoms with van der Waals surface area (Å²) in [6, 6.07) is 12.8. The van der Waals surface area contributed by atoms with Gasteiger partial charge in [-0.05, 0) is 61.6 Å². The fourth-order valence-corrected chi connectivity index (χ4v) is 3.46. The fourth-order valence-electron chi connectivity index (χ4n) is 2.04. The van der Waals surface area contributed by atoms with Gasteiger partial charge in [-0.2, -0.15) is 0 Å². The van der Waals surface area contributed by atoms with Crippen LogP contribution < -0.4 is 9.46 Å². The minimum atomic E-state index is -3.50. The lowest BCUT2D eigenvalue weighted by Crippen LogP contribution is -2.28. The third-order valence-corrected chi connectivity index (χ3v) is 5.59. The molecule has 0 unspecified atom stereocenters. The topological polar surface area (TPSA) is 55.4 Å². The van der Waals surface area contributed by atoms with Gasteiger partial charge >= 0.3 is 0 Å². The van der Waals surface area contributed by atoms with Crippen LogP contribution in [-0.2, 0) is 10.0 Å². The van der Waals surface area contributed by atoms with Gasteiger partial charge in [0.15, 0.2) is 0 Å². The van der Waals surface area contributed by atoms with E-state index in [2.05, 4.69) is 4.72 Å². The average Bonchev–Trinajstić information content (AvgIpc) is 2.54. The summed E-state index contributed by atoms with van der Waals surface area (Å²) in [4.78, 5) is 1.30. The van der Waals surface area contributed by atoms with Gasteiger partial charge in [0, 0.05) is 11.4 Å². The van der Waals surface area contributed by atoms with Gasteiger partial charge < -0.3 is 4.74 Å². The first-order valence-electron chi connectivity index (χ1n) is 7.26. The van der Waals surface area contributed by atoms with Crippen molar-refractivity contribution in [3.8, 4) is 5.75 Å². The van der Waals surface area contributed by atoms with E-state index in [4.69, 9.17) is 4.74 Å². The van der Waals surface area contributed by atoms with Crippen molar-refractivity contribution in [3.05, 3.63) is 53.6 Å². The van der Waals surface area contributed by atoms with E-state index < -0.39 is 10.0 Å². The second-order valence-electron chi connectivity index (χ2n) is 5.19. The molecule has 4 nitrogen and oxygen atoms in total. The normalized spacial score (nSPS) is 11.4. The molecule has 0 aliphatic carbocycles. The van der Waals surface area contributed by atoms with Crippen molar-refractivity contribution < 1.29 is 13.2 Å². The quantitative estimate of drug-likeness (QED) is 0.614. The summed E-state index contributed by atoms with van der Waals surface area (Å²) < 4.78 is 32.6. The summed E-state index contributed by atoms with van der Waals surface area (Å²) in [6.45, 7) is 4.46. The van der Waals surface area contributed by atoms with E-state index in [1.54, 1.807) is 36.0 Å². The van der Waals surface area contributed by atoms with Crippen LogP contribution in [-0.4, -0.2) is 27.8 Å². The van der Waals surface area contributed by atoms with Gasteiger partial charge in [0.25, 0.3) is 0 Å². The standard InChI is InChI=1S/C17H21NO3S2/c1-13-4-5-14(2)17(12-13)21-11-10-18-23(19,20)16-8-6-15(22-3)7-9-16/h4-9,12,18H,10-11H2,1-3H3. The van der Waals surface area contributed by atoms with Crippen LogP contribution in [0.15, 0.2) is 52.3 Å². The smallest absolute Gasteiger partial charge is 0.240 e. The molecule has 0 aromatic heterocycles. The van der Waals surface area contributed by atoms with Gasteiger partial charge in [-0.3, -0.25) is 0 Å². The van der Waals surface area contributed by atoms with Gasteiger partial charge in [-0.15, -0.1) is 11.8 Å². The van der Waals surface area contributed by atoms with Crippen LogP contribution in [0, 0.1) is 13.8 Å². The molecule has 0 saturated heterocycles. The van der Waals surface area contributed by atoms with Crippen molar-refractivity contribution in [1.82, 2.24) is 4.72 Å². The number of hydrogen-bond donors (Lipinski definition) is 1. The molecular formula is C17H21NO3S2. The predicted octanol–water partition coefficient (Wildman–Crippen LogP) is 3.38. The highest BCUT2D eigenvalue weighted by atomic mass is 32.2. The van der Waals surface area contributed by atoms with Crippen LogP contribution in [0.2, 0.25) is 0 Å². The van der Waals surface area contributed by atoms with E-state index in [0.29, 0.717) is 0 Å². The summed E-state index contributed by atoms with van der Waals surface area (Å²) in [5.41, 5.74) is 2.14. The summed E-state index contributed by atoms with van der Waals surface area (Å²) in [6.07, 6.45) is 1.95. The van der Waals surface area contributed by atoms with E-state index in [9.17, 15) is 8.42 Å². The van der Waals surface area contributed by atoms with Crippen LogP contribution >= 0.6 is 11.8 Å². The maximum Gasteiger partial charge on any atom is 0.240 e. The summed E-state index contributed by atoms with van der Waals surface area (Å²) in [7, 11) is -3.50. The average molecular weight is 351 g/mol. The minimum Gasteiger partial charge on any atom is -0.492 e. The number of nitrogens with one attached hydrogen (secondary N) is 1. The number of hydrogen-bond acceptors (Lipinski definition) is 4. The lowest BCUT2D eigenvalue weighted by atomic mass is 10.1. The SMILES string of the molecule is CSc1ccc(S(=O)(=O)NCCOc2cc(C)ccc2C)cc1. The maximum atomic E-state index is 12.2. The molecule has 0 atom stereocenters. The van der Waals surface area contributed by atoms with Gasteiger partial charge in [0.05, 0.1) is 4.90 Å². The summed E-state index contributed by atoms with van der Waals surface area (Å²) in [5, 5.41) is 0. The zero-order chi connectivity index (χ0) is 16.9. The van der Waals surface area contributed by atoms with Crippen LogP contribution in [0.5, 0.6) is 5.75 Å². The van der Waals surface area contributed by atoms with E-state index in [0.717, 1.165) is 21.8 Å². The molecule has 0 aliphatic rings. The van der Waals surface area contributed by atoms with Crippen LogP contribution in [0.4, 0.5) is 0 Å². The molecule has 0 heterocycles. The Morgan fingerprint density at radius 2 is 1.78 bits per heavy atom. The van der Waals surface area contributed by atoms with Crippen LogP contribution in [0.1, 0.15) is 11.1 Å². The van der Waals surface area contributed by atoms with Crippen LogP contribution in [0.3, 0.4) is 0 Å². The largest absolute Gasteiger partial charge is 0.492 e. The maximum absolute atomic E-state index is 12.2. The highest BCUT2D eigenvalue weighted by Crippen LogP contribution is 2.19. The molecule has 2 aromatic carbocycles. The lowest BCUT2D eigenvalue weighted by Gasteiger charge is -2.11. The van der Waals surface area contributed by atoms with Gasteiger partial charge in [0.1, 0.15) is 12.4 Å². The third-order valence-electron chi connectivity index (χ3n) is 3.37. The Kier molecular flexibility index (Phi) is 6.10. The number of aryl methyl sites for hydroxylation is 2. The first kappa shape index (κ1) is 17.8. The molecule has 0 aliphatic heterocycles. The van der Waals surface area contributed by atoms with Crippen molar-refractivity contribution >= 4 is 21.8 Å². The molecule has 2 aromatic rings. The van der Waals surface area contributed by atoms with Crippen molar-refractivity contribution in [3.63, 3.8) is 0 Å². The summed E-state index contributed by atoms with van der Waals surface area (Å²) >= 11 is 1.57. The number of thioether (sulfide) groups is 1. The number of ether oxygens (including phenoxy) is 1. The Labute approximate surface area is 142 Å². The van der Waals surface area contributed by atoms with Crippen LogP contribution in [0.25, 0.3) is 0 Å². The van der Waals surface area contributed by atoms with E-state index in [1.807, 2.05) is 38.3 Å². The van der Waals surface area contributed by atoms with Gasteiger partial charge in [-0.25, -0.2) is 13.1 Å². The molecule has 0 bridgehead atoms. The molecule has 124 valence electrons. The third kappa shape index (κ3) is 4.99. The molecule has 0 spiro atoms. The Morgan fingerprint density at radius 1 is 1.09 bits per heavy atom. The van der Waals surface area contributed by atoms with E-state index in [1.165, 1.54) is 0 Å². The fraction of sp³-hybridized carbons (Fsp3) is 0.294. The molecule has 2 rings (SSSR count). The van der Waals surface area contributed by atoms with Gasteiger partial charge in [0.2, 0.25) is 10.0 Å². The molecule has 0 amide bonds. The first-order chi connectivity index (χ1) is 10.9.